The Balaban J connectivity index is 0. The number of hydrogen-bond donors (Lipinski definition) is 0. The summed E-state index contributed by atoms with van der Waals surface area (Å²) in [6, 6.07) is 0. The van der Waals surface area contributed by atoms with Gasteiger partial charge in [-0.3, -0.25) is 0 Å². The second-order valence-corrected chi connectivity index (χ2v) is 0. The Bertz CT molecular complexity index is 8.00. The molecule has 0 unspecified atom stereocenters. The molecule has 0 nitrogen and oxygen atoms in total. The van der Waals surface area contributed by atoms with Gasteiger partial charge in [0, 0.05) is 50.6 Å². The van der Waals surface area contributed by atoms with E-state index in [0.717, 1.165) is 0 Å². The van der Waals surface area contributed by atoms with Crippen molar-refractivity contribution in [2.75, 3.05) is 0 Å². The predicted molar refractivity (Wildman–Crippen MR) is 8.54 cm³/mol. The van der Waals surface area contributed by atoms with Gasteiger partial charge in [-0.1, -0.05) is 0 Å². The van der Waals surface area contributed by atoms with Gasteiger partial charge in [0.25, 0.3) is 0 Å². The molecule has 0 spiro atoms. The van der Waals surface area contributed by atoms with Gasteiger partial charge in [-0.15, -0.1) is 0 Å². The Hall–Kier alpha value is 2.30. The Labute approximate surface area is 72.9 Å². The third-order valence-corrected chi connectivity index (χ3v) is 0. The average molecular weight is 196 g/mol. The molecule has 0 bridgehead atoms. The van der Waals surface area contributed by atoms with Crippen molar-refractivity contribution < 1.29 is 50.6 Å². The van der Waals surface area contributed by atoms with Crippen LogP contribution in [0.3, 0.4) is 0 Å². The minimum Gasteiger partial charge on any atom is 0 e. The predicted octanol–water partition coefficient (Wildman–Crippen LogP) is -0.924. The molecular weight excluding hydrogens is 194 g/mol. The average Bonchev–Trinajstić information content (AvgIpc) is 0. The zero-order chi connectivity index (χ0) is 0. The molecule has 0 aromatic carbocycles. The Kier molecular flexibility index (Phi) is 155. The van der Waals surface area contributed by atoms with E-state index in [-0.39, 0.29) is 73.7 Å². The van der Waals surface area contributed by atoms with Crippen molar-refractivity contribution in [2.24, 2.45) is 0 Å². The van der Waals surface area contributed by atoms with Crippen LogP contribution in [0.15, 0.2) is 0 Å². The summed E-state index contributed by atoms with van der Waals surface area (Å²) in [6.45, 7) is 0. The molecular formula is H2FeMgMnNi. The van der Waals surface area contributed by atoms with Crippen LogP contribution in [-0.4, -0.2) is 23.1 Å². The summed E-state index contributed by atoms with van der Waals surface area (Å²) in [5.41, 5.74) is 0. The first-order valence-electron chi connectivity index (χ1n) is 0. The molecule has 0 N–H and O–H groups in total. The van der Waals surface area contributed by atoms with Crippen LogP contribution in [-0.2, 0) is 50.6 Å². The molecule has 0 fully saturated rings. The molecule has 0 saturated heterocycles. The molecule has 0 aliphatic carbocycles. The maximum atomic E-state index is 0. The molecule has 4 heavy (non-hydrogen) atoms. The first-order valence-corrected chi connectivity index (χ1v) is 0. The summed E-state index contributed by atoms with van der Waals surface area (Å²) < 4.78 is 0. The third-order valence-electron chi connectivity index (χ3n) is 0. The Morgan fingerprint density at radius 1 is 1.00 bits per heavy atom. The minimum atomic E-state index is 0. The van der Waals surface area contributed by atoms with Crippen LogP contribution in [0.1, 0.15) is 0 Å². The van der Waals surface area contributed by atoms with E-state index in [4.69, 9.17) is 0 Å². The fourth-order valence-corrected chi connectivity index (χ4v) is 0. The number of rotatable bonds is 0. The summed E-state index contributed by atoms with van der Waals surface area (Å²) in [5.74, 6) is 0. The molecule has 0 amide bonds. The van der Waals surface area contributed by atoms with Crippen LogP contribution in [0.5, 0.6) is 0 Å². The van der Waals surface area contributed by atoms with E-state index in [9.17, 15) is 0 Å². The van der Waals surface area contributed by atoms with Gasteiger partial charge in [0.15, 0.2) is 0 Å². The van der Waals surface area contributed by atoms with Gasteiger partial charge in [-0.2, -0.15) is 0 Å². The van der Waals surface area contributed by atoms with Gasteiger partial charge in [0.2, 0.25) is 0 Å². The fourth-order valence-electron chi connectivity index (χ4n) is 0. The SMILES string of the molecule is [Fe].[MgH2].[Mn].[Ni]. The standard InChI is InChI=1S/Fe.Mg.Mn.Ni.2H. The van der Waals surface area contributed by atoms with E-state index < -0.39 is 0 Å². The van der Waals surface area contributed by atoms with Gasteiger partial charge < -0.3 is 0 Å². The van der Waals surface area contributed by atoms with Crippen molar-refractivity contribution in [3.63, 3.8) is 0 Å². The first kappa shape index (κ1) is 33.5. The van der Waals surface area contributed by atoms with E-state index >= 15 is 0 Å². The van der Waals surface area contributed by atoms with E-state index in [1.165, 1.54) is 0 Å². The van der Waals surface area contributed by atoms with Crippen LogP contribution in [0, 0.1) is 0 Å². The Morgan fingerprint density at radius 3 is 1.00 bits per heavy atom. The van der Waals surface area contributed by atoms with Crippen LogP contribution in [0.25, 0.3) is 0 Å². The zero-order valence-electron chi connectivity index (χ0n) is 1.05. The first-order chi connectivity index (χ1) is 0. The van der Waals surface area contributed by atoms with E-state index in [2.05, 4.69) is 0 Å². The van der Waals surface area contributed by atoms with Gasteiger partial charge >= 0.3 is 23.1 Å². The Morgan fingerprint density at radius 2 is 1.00 bits per heavy atom. The summed E-state index contributed by atoms with van der Waals surface area (Å²) in [5, 5.41) is 0. The van der Waals surface area contributed by atoms with Crippen molar-refractivity contribution in [1.82, 2.24) is 0 Å². The van der Waals surface area contributed by atoms with Crippen molar-refractivity contribution in [1.29, 1.82) is 0 Å². The van der Waals surface area contributed by atoms with E-state index in [0.29, 0.717) is 0 Å². The molecule has 1 radical (unpaired) electrons. The summed E-state index contributed by atoms with van der Waals surface area (Å²) in [6.07, 6.45) is 0. The molecule has 4 heteroatoms. The second-order valence-electron chi connectivity index (χ2n) is 0. The smallest absolute Gasteiger partial charge is 0 e. The molecule has 0 saturated carbocycles. The summed E-state index contributed by atoms with van der Waals surface area (Å²) in [4.78, 5) is 0. The van der Waals surface area contributed by atoms with E-state index in [1.54, 1.807) is 0 Å². The van der Waals surface area contributed by atoms with Gasteiger partial charge in [-0.25, -0.2) is 0 Å². The normalized spacial score (nSPS) is 0. The van der Waals surface area contributed by atoms with Crippen molar-refractivity contribution >= 4 is 23.1 Å². The maximum absolute atomic E-state index is 0. The van der Waals surface area contributed by atoms with Gasteiger partial charge in [0.05, 0.1) is 0 Å². The zero-order valence-corrected chi connectivity index (χ0v) is 4.32. The molecule has 29 valence electrons. The largest absolute Gasteiger partial charge is 0.316 e. The minimum absolute atomic E-state index is 0. The van der Waals surface area contributed by atoms with Crippen molar-refractivity contribution in [3.8, 4) is 0 Å². The van der Waals surface area contributed by atoms with Crippen LogP contribution >= 0.6 is 0 Å². The third kappa shape index (κ3) is 8.85. The van der Waals surface area contributed by atoms with Crippen molar-refractivity contribution in [2.45, 2.75) is 0 Å². The summed E-state index contributed by atoms with van der Waals surface area (Å²) in [7, 11) is 0. The molecule has 0 heterocycles. The van der Waals surface area contributed by atoms with Crippen LogP contribution in [0.2, 0.25) is 0 Å². The summed E-state index contributed by atoms with van der Waals surface area (Å²) >= 11 is 0. The molecule has 0 aliphatic rings. The van der Waals surface area contributed by atoms with E-state index in [1.807, 2.05) is 0 Å². The molecule has 0 aromatic heterocycles. The molecule has 0 aromatic rings. The number of hydrogen-bond acceptors (Lipinski definition) is 0. The maximum Gasteiger partial charge on any atom is 0.316 e. The fraction of sp³-hybridized carbons (Fsp3) is 0. The van der Waals surface area contributed by atoms with Gasteiger partial charge in [-0.05, 0) is 0 Å². The second kappa shape index (κ2) is 18.5. The van der Waals surface area contributed by atoms with Crippen LogP contribution < -0.4 is 0 Å². The molecule has 0 aliphatic heterocycles. The van der Waals surface area contributed by atoms with Crippen molar-refractivity contribution in [3.05, 3.63) is 0 Å². The molecule has 0 rings (SSSR count). The molecule has 0 atom stereocenters. The monoisotopic (exact) mass is 195 g/mol. The topological polar surface area (TPSA) is 0 Å². The van der Waals surface area contributed by atoms with Crippen LogP contribution in [0.4, 0.5) is 0 Å². The van der Waals surface area contributed by atoms with Gasteiger partial charge in [0.1, 0.15) is 0 Å². The quantitative estimate of drug-likeness (QED) is 0.439.